The molecule has 1 aromatic carbocycles. The van der Waals surface area contributed by atoms with Gasteiger partial charge < -0.3 is 4.74 Å². The summed E-state index contributed by atoms with van der Waals surface area (Å²) in [6, 6.07) is 8.10. The number of carbonyl (C=O) groups is 1. The lowest BCUT2D eigenvalue weighted by molar-refractivity contribution is 0.0598. The predicted molar refractivity (Wildman–Crippen MR) is 69.0 cm³/mol. The van der Waals surface area contributed by atoms with Gasteiger partial charge in [-0.15, -0.1) is 0 Å². The summed E-state index contributed by atoms with van der Waals surface area (Å²) in [7, 11) is 3.49. The highest BCUT2D eigenvalue weighted by atomic mass is 16.5. The van der Waals surface area contributed by atoms with Crippen molar-refractivity contribution in [3.63, 3.8) is 0 Å². The third-order valence-electron chi connectivity index (χ3n) is 3.19. The highest BCUT2D eigenvalue weighted by Gasteiger charge is 2.14. The fraction of sp³-hybridized carbons (Fsp3) is 0.500. The van der Waals surface area contributed by atoms with Crippen LogP contribution in [0.1, 0.15) is 36.2 Å². The number of esters is 1. The van der Waals surface area contributed by atoms with Crippen LogP contribution in [0.2, 0.25) is 0 Å². The fourth-order valence-electron chi connectivity index (χ4n) is 1.70. The van der Waals surface area contributed by atoms with Crippen LogP contribution < -0.4 is 0 Å². The molecule has 17 heavy (non-hydrogen) atoms. The van der Waals surface area contributed by atoms with Crippen LogP contribution in [0.5, 0.6) is 0 Å². The molecule has 0 bridgehead atoms. The largest absolute Gasteiger partial charge is 0.465 e. The Hall–Kier alpha value is -1.35. The van der Waals surface area contributed by atoms with Gasteiger partial charge in [0, 0.05) is 12.6 Å². The van der Waals surface area contributed by atoms with Gasteiger partial charge in [-0.1, -0.05) is 25.1 Å². The van der Waals surface area contributed by atoms with E-state index in [1.807, 2.05) is 24.3 Å². The summed E-state index contributed by atoms with van der Waals surface area (Å²) in [5.41, 5.74) is 1.67. The minimum Gasteiger partial charge on any atom is -0.465 e. The lowest BCUT2D eigenvalue weighted by Gasteiger charge is -2.24. The van der Waals surface area contributed by atoms with E-state index >= 15 is 0 Å². The lowest BCUT2D eigenvalue weighted by atomic mass is 10.1. The van der Waals surface area contributed by atoms with Gasteiger partial charge in [0.15, 0.2) is 0 Å². The number of hydrogen-bond donors (Lipinski definition) is 0. The Morgan fingerprint density at radius 2 is 2.06 bits per heavy atom. The molecular formula is C14H21NO2. The summed E-state index contributed by atoms with van der Waals surface area (Å²) in [5.74, 6) is -0.266. The van der Waals surface area contributed by atoms with Crippen LogP contribution in [0.15, 0.2) is 24.3 Å². The van der Waals surface area contributed by atoms with Crippen molar-refractivity contribution in [3.05, 3.63) is 35.4 Å². The van der Waals surface area contributed by atoms with E-state index < -0.39 is 0 Å². The zero-order chi connectivity index (χ0) is 12.8. The quantitative estimate of drug-likeness (QED) is 0.735. The number of rotatable bonds is 5. The fourth-order valence-corrected chi connectivity index (χ4v) is 1.70. The van der Waals surface area contributed by atoms with E-state index in [0.717, 1.165) is 18.5 Å². The second kappa shape index (κ2) is 6.40. The van der Waals surface area contributed by atoms with Gasteiger partial charge >= 0.3 is 5.97 Å². The van der Waals surface area contributed by atoms with E-state index in [1.165, 1.54) is 7.11 Å². The maximum atomic E-state index is 11.6. The highest BCUT2D eigenvalue weighted by molar-refractivity contribution is 5.90. The second-order valence-electron chi connectivity index (χ2n) is 4.32. The Bertz CT molecular complexity index is 376. The summed E-state index contributed by atoms with van der Waals surface area (Å²) in [6.07, 6.45) is 1.09. The lowest BCUT2D eigenvalue weighted by Crippen LogP contribution is -2.28. The van der Waals surface area contributed by atoms with Crippen molar-refractivity contribution in [1.29, 1.82) is 0 Å². The van der Waals surface area contributed by atoms with E-state index in [-0.39, 0.29) is 5.97 Å². The van der Waals surface area contributed by atoms with Crippen LogP contribution in [0.4, 0.5) is 0 Å². The molecule has 0 fully saturated rings. The number of methoxy groups -OCH3 is 1. The molecule has 0 spiro atoms. The molecule has 0 radical (unpaired) electrons. The van der Waals surface area contributed by atoms with E-state index in [4.69, 9.17) is 4.74 Å². The summed E-state index contributed by atoms with van der Waals surface area (Å²) in [4.78, 5) is 13.9. The average molecular weight is 235 g/mol. The maximum Gasteiger partial charge on any atom is 0.338 e. The maximum absolute atomic E-state index is 11.6. The first kappa shape index (κ1) is 13.7. The van der Waals surface area contributed by atoms with Crippen molar-refractivity contribution in [2.24, 2.45) is 0 Å². The Morgan fingerprint density at radius 3 is 2.65 bits per heavy atom. The number of nitrogens with zero attached hydrogens (tertiary/aromatic N) is 1. The molecule has 1 rings (SSSR count). The van der Waals surface area contributed by atoms with Crippen molar-refractivity contribution in [2.75, 3.05) is 14.2 Å². The molecule has 0 saturated carbocycles. The zero-order valence-electron chi connectivity index (χ0n) is 11.1. The SMILES string of the molecule is CCC(C)N(C)Cc1ccccc1C(=O)OC. The number of benzene rings is 1. The van der Waals surface area contributed by atoms with Gasteiger partial charge in [-0.3, -0.25) is 4.90 Å². The van der Waals surface area contributed by atoms with Crippen LogP contribution >= 0.6 is 0 Å². The molecule has 3 nitrogen and oxygen atoms in total. The monoisotopic (exact) mass is 235 g/mol. The van der Waals surface area contributed by atoms with E-state index in [1.54, 1.807) is 0 Å². The highest BCUT2D eigenvalue weighted by Crippen LogP contribution is 2.14. The topological polar surface area (TPSA) is 29.5 Å². The number of ether oxygens (including phenoxy) is 1. The molecule has 0 aliphatic carbocycles. The predicted octanol–water partition coefficient (Wildman–Crippen LogP) is 2.70. The normalized spacial score (nSPS) is 12.5. The van der Waals surface area contributed by atoms with Crippen molar-refractivity contribution in [3.8, 4) is 0 Å². The molecule has 3 heteroatoms. The number of hydrogen-bond acceptors (Lipinski definition) is 3. The van der Waals surface area contributed by atoms with E-state index in [0.29, 0.717) is 11.6 Å². The molecule has 0 heterocycles. The molecule has 0 aromatic heterocycles. The Balaban J connectivity index is 2.87. The molecule has 0 N–H and O–H groups in total. The molecule has 1 atom stereocenters. The minimum absolute atomic E-state index is 0.266. The van der Waals surface area contributed by atoms with E-state index in [2.05, 4.69) is 25.8 Å². The molecule has 0 aliphatic heterocycles. The summed E-state index contributed by atoms with van der Waals surface area (Å²) >= 11 is 0. The van der Waals surface area contributed by atoms with Gasteiger partial charge in [0.05, 0.1) is 12.7 Å². The Kier molecular flexibility index (Phi) is 5.16. The third kappa shape index (κ3) is 3.56. The van der Waals surface area contributed by atoms with Crippen LogP contribution in [0.3, 0.4) is 0 Å². The van der Waals surface area contributed by atoms with Gasteiger partial charge in [-0.25, -0.2) is 4.79 Å². The molecule has 1 unspecified atom stereocenters. The second-order valence-corrected chi connectivity index (χ2v) is 4.32. The minimum atomic E-state index is -0.266. The first-order chi connectivity index (χ1) is 8.10. The van der Waals surface area contributed by atoms with Crippen LogP contribution in [0, 0.1) is 0 Å². The van der Waals surface area contributed by atoms with Crippen LogP contribution in [-0.2, 0) is 11.3 Å². The van der Waals surface area contributed by atoms with Gasteiger partial charge in [0.2, 0.25) is 0 Å². The molecule has 0 aliphatic rings. The molecular weight excluding hydrogens is 214 g/mol. The zero-order valence-corrected chi connectivity index (χ0v) is 11.1. The van der Waals surface area contributed by atoms with Gasteiger partial charge in [-0.2, -0.15) is 0 Å². The van der Waals surface area contributed by atoms with Gasteiger partial charge in [0.25, 0.3) is 0 Å². The summed E-state index contributed by atoms with van der Waals surface area (Å²) in [6.45, 7) is 5.11. The van der Waals surface area contributed by atoms with Crippen molar-refractivity contribution >= 4 is 5.97 Å². The molecule has 94 valence electrons. The van der Waals surface area contributed by atoms with Gasteiger partial charge in [-0.05, 0) is 32.0 Å². The Morgan fingerprint density at radius 1 is 1.41 bits per heavy atom. The summed E-state index contributed by atoms with van der Waals surface area (Å²) in [5, 5.41) is 0. The smallest absolute Gasteiger partial charge is 0.338 e. The van der Waals surface area contributed by atoms with Crippen molar-refractivity contribution < 1.29 is 9.53 Å². The standard InChI is InChI=1S/C14H21NO2/c1-5-11(2)15(3)10-12-8-6-7-9-13(12)14(16)17-4/h6-9,11H,5,10H2,1-4H3. The third-order valence-corrected chi connectivity index (χ3v) is 3.19. The number of carbonyl (C=O) groups excluding carboxylic acids is 1. The molecule has 1 aromatic rings. The van der Waals surface area contributed by atoms with E-state index in [9.17, 15) is 4.79 Å². The Labute approximate surface area is 103 Å². The molecule has 0 amide bonds. The van der Waals surface area contributed by atoms with Crippen LogP contribution in [0.25, 0.3) is 0 Å². The van der Waals surface area contributed by atoms with Crippen molar-refractivity contribution in [2.45, 2.75) is 32.9 Å². The van der Waals surface area contributed by atoms with Gasteiger partial charge in [0.1, 0.15) is 0 Å². The summed E-state index contributed by atoms with van der Waals surface area (Å²) < 4.78 is 4.79. The average Bonchev–Trinajstić information content (AvgIpc) is 2.37. The van der Waals surface area contributed by atoms with Crippen molar-refractivity contribution in [1.82, 2.24) is 4.90 Å². The van der Waals surface area contributed by atoms with Crippen LogP contribution in [-0.4, -0.2) is 31.1 Å². The molecule has 0 saturated heterocycles. The first-order valence-electron chi connectivity index (χ1n) is 5.96. The first-order valence-corrected chi connectivity index (χ1v) is 5.96.